The number of rotatable bonds is 5. The first-order chi connectivity index (χ1) is 24.8. The van der Waals surface area contributed by atoms with Crippen LogP contribution in [0.4, 0.5) is 0 Å². The molecule has 0 aliphatic heterocycles. The Hall–Kier alpha value is -6.78. The van der Waals surface area contributed by atoms with Crippen molar-refractivity contribution in [2.24, 2.45) is 0 Å². The molecule has 0 fully saturated rings. The molecule has 0 bridgehead atoms. The van der Waals surface area contributed by atoms with Crippen LogP contribution in [0.3, 0.4) is 0 Å². The number of hydrogen-bond donors (Lipinski definition) is 0. The zero-order valence-electron chi connectivity index (χ0n) is 27.0. The van der Waals surface area contributed by atoms with E-state index in [-0.39, 0.29) is 0 Å². The first kappa shape index (κ1) is 28.3. The van der Waals surface area contributed by atoms with Gasteiger partial charge in [-0.15, -0.1) is 0 Å². The molecule has 0 spiro atoms. The Balaban J connectivity index is 1.14. The van der Waals surface area contributed by atoms with Crippen molar-refractivity contribution in [3.63, 3.8) is 0 Å². The minimum atomic E-state index is 0.648. The normalized spacial score (nSPS) is 11.6. The van der Waals surface area contributed by atoms with Gasteiger partial charge in [-0.3, -0.25) is 0 Å². The van der Waals surface area contributed by atoms with Crippen LogP contribution >= 0.6 is 0 Å². The van der Waals surface area contributed by atoms with Crippen LogP contribution in [0.2, 0.25) is 0 Å². The van der Waals surface area contributed by atoms with Gasteiger partial charge in [0.15, 0.2) is 11.6 Å². The fourth-order valence-electron chi connectivity index (χ4n) is 7.22. The van der Waals surface area contributed by atoms with Crippen molar-refractivity contribution in [2.75, 3.05) is 0 Å². The molecule has 0 aliphatic carbocycles. The standard InChI is InChI=1S/C46H29N3O/c1-2-14-35(15-3-1)49-42-19-8-7-17-38(42)39-27-34(25-26-43(39)49)46-47-40(29-41(48-46)45-28-33-12-5-9-20-44(33)50-45)32-23-21-31(22-24-32)37-18-10-13-30-11-4-6-16-36(30)37/h1-29H. The molecular formula is C46H29N3O. The summed E-state index contributed by atoms with van der Waals surface area (Å²) in [6.07, 6.45) is 0. The van der Waals surface area contributed by atoms with E-state index in [1.807, 2.05) is 24.3 Å². The summed E-state index contributed by atoms with van der Waals surface area (Å²) in [4.78, 5) is 10.3. The Kier molecular flexibility index (Phi) is 6.46. The average Bonchev–Trinajstić information content (AvgIpc) is 3.77. The molecule has 0 N–H and O–H groups in total. The summed E-state index contributed by atoms with van der Waals surface area (Å²) >= 11 is 0. The summed E-state index contributed by atoms with van der Waals surface area (Å²) in [6, 6.07) is 61.5. The molecule has 234 valence electrons. The van der Waals surface area contributed by atoms with Crippen LogP contribution in [0.5, 0.6) is 0 Å². The molecule has 3 aromatic heterocycles. The van der Waals surface area contributed by atoms with Crippen LogP contribution in [0.25, 0.3) is 94.5 Å². The Bertz CT molecular complexity index is 2830. The fraction of sp³-hybridized carbons (Fsp3) is 0. The van der Waals surface area contributed by atoms with Gasteiger partial charge in [-0.05, 0) is 76.5 Å². The van der Waals surface area contributed by atoms with Crippen LogP contribution < -0.4 is 0 Å². The first-order valence-corrected chi connectivity index (χ1v) is 16.8. The maximum atomic E-state index is 6.34. The van der Waals surface area contributed by atoms with Crippen molar-refractivity contribution >= 4 is 43.5 Å². The van der Waals surface area contributed by atoms with E-state index in [0.717, 1.165) is 61.2 Å². The van der Waals surface area contributed by atoms with Gasteiger partial charge in [-0.25, -0.2) is 9.97 Å². The number of hydrogen-bond acceptors (Lipinski definition) is 3. The van der Waals surface area contributed by atoms with E-state index >= 15 is 0 Å². The van der Waals surface area contributed by atoms with Crippen molar-refractivity contribution in [2.45, 2.75) is 0 Å². The van der Waals surface area contributed by atoms with Crippen LogP contribution in [0, 0.1) is 0 Å². The van der Waals surface area contributed by atoms with Crippen molar-refractivity contribution in [3.8, 4) is 50.9 Å². The van der Waals surface area contributed by atoms with Gasteiger partial charge in [0.25, 0.3) is 0 Å². The number of para-hydroxylation sites is 3. The molecule has 0 unspecified atom stereocenters. The van der Waals surface area contributed by atoms with Gasteiger partial charge in [0.1, 0.15) is 11.3 Å². The Morgan fingerprint density at radius 3 is 1.94 bits per heavy atom. The van der Waals surface area contributed by atoms with Crippen LogP contribution in [0.1, 0.15) is 0 Å². The molecule has 0 radical (unpaired) electrons. The summed E-state index contributed by atoms with van der Waals surface area (Å²) in [5, 5.41) is 5.85. The summed E-state index contributed by atoms with van der Waals surface area (Å²) in [7, 11) is 0. The van der Waals surface area contributed by atoms with Gasteiger partial charge in [-0.2, -0.15) is 0 Å². The van der Waals surface area contributed by atoms with E-state index in [1.165, 1.54) is 21.7 Å². The van der Waals surface area contributed by atoms with E-state index in [4.69, 9.17) is 14.4 Å². The molecule has 50 heavy (non-hydrogen) atoms. The highest BCUT2D eigenvalue weighted by Gasteiger charge is 2.17. The van der Waals surface area contributed by atoms with Gasteiger partial charge in [0.05, 0.1) is 16.7 Å². The van der Waals surface area contributed by atoms with Crippen molar-refractivity contribution < 1.29 is 4.42 Å². The Morgan fingerprint density at radius 1 is 0.420 bits per heavy atom. The van der Waals surface area contributed by atoms with Gasteiger partial charge in [0, 0.05) is 33.0 Å². The van der Waals surface area contributed by atoms with Gasteiger partial charge in [0.2, 0.25) is 0 Å². The summed E-state index contributed by atoms with van der Waals surface area (Å²) in [6.45, 7) is 0. The summed E-state index contributed by atoms with van der Waals surface area (Å²) in [5.74, 6) is 1.36. The Labute approximate surface area is 288 Å². The lowest BCUT2D eigenvalue weighted by atomic mass is 9.97. The van der Waals surface area contributed by atoms with E-state index < -0.39 is 0 Å². The van der Waals surface area contributed by atoms with Gasteiger partial charge in [-0.1, -0.05) is 121 Å². The maximum Gasteiger partial charge on any atom is 0.160 e. The minimum Gasteiger partial charge on any atom is -0.454 e. The molecule has 0 atom stereocenters. The molecule has 0 saturated carbocycles. The smallest absolute Gasteiger partial charge is 0.160 e. The number of fused-ring (bicyclic) bond motifs is 5. The highest BCUT2D eigenvalue weighted by molar-refractivity contribution is 6.10. The third-order valence-corrected chi connectivity index (χ3v) is 9.63. The second kappa shape index (κ2) is 11.4. The third kappa shape index (κ3) is 4.69. The number of benzene rings is 7. The predicted octanol–water partition coefficient (Wildman–Crippen LogP) is 12.1. The van der Waals surface area contributed by atoms with E-state index in [2.05, 4.69) is 156 Å². The van der Waals surface area contributed by atoms with Crippen molar-refractivity contribution in [1.29, 1.82) is 0 Å². The molecule has 0 amide bonds. The lowest BCUT2D eigenvalue weighted by molar-refractivity contribution is 0.628. The average molecular weight is 640 g/mol. The minimum absolute atomic E-state index is 0.648. The molecule has 4 heteroatoms. The molecule has 10 rings (SSSR count). The zero-order valence-corrected chi connectivity index (χ0v) is 27.0. The van der Waals surface area contributed by atoms with E-state index in [1.54, 1.807) is 0 Å². The zero-order chi connectivity index (χ0) is 33.0. The molecule has 0 saturated heterocycles. The first-order valence-electron chi connectivity index (χ1n) is 16.8. The summed E-state index contributed by atoms with van der Waals surface area (Å²) in [5.41, 5.74) is 10.2. The SMILES string of the molecule is c1ccc(-n2c3ccccc3c3cc(-c4nc(-c5ccc(-c6cccc7ccccc67)cc5)cc(-c5cc6ccccc6o5)n4)ccc32)cc1. The topological polar surface area (TPSA) is 43.9 Å². The fourth-order valence-corrected chi connectivity index (χ4v) is 7.22. The molecule has 3 heterocycles. The van der Waals surface area contributed by atoms with Crippen LogP contribution in [-0.4, -0.2) is 14.5 Å². The van der Waals surface area contributed by atoms with Crippen molar-refractivity contribution in [3.05, 3.63) is 176 Å². The van der Waals surface area contributed by atoms with Crippen LogP contribution in [-0.2, 0) is 0 Å². The van der Waals surface area contributed by atoms with Crippen LogP contribution in [0.15, 0.2) is 180 Å². The third-order valence-electron chi connectivity index (χ3n) is 9.63. The molecule has 7 aromatic carbocycles. The van der Waals surface area contributed by atoms with Crippen molar-refractivity contribution in [1.82, 2.24) is 14.5 Å². The highest BCUT2D eigenvalue weighted by Crippen LogP contribution is 2.37. The Morgan fingerprint density at radius 2 is 1.08 bits per heavy atom. The van der Waals surface area contributed by atoms with Gasteiger partial charge < -0.3 is 8.98 Å². The molecule has 0 aliphatic rings. The predicted molar refractivity (Wildman–Crippen MR) is 205 cm³/mol. The highest BCUT2D eigenvalue weighted by atomic mass is 16.3. The van der Waals surface area contributed by atoms with E-state index in [9.17, 15) is 0 Å². The number of nitrogens with zero attached hydrogens (tertiary/aromatic N) is 3. The number of furan rings is 1. The second-order valence-corrected chi connectivity index (χ2v) is 12.6. The lowest BCUT2D eigenvalue weighted by Gasteiger charge is -2.11. The molecule has 4 nitrogen and oxygen atoms in total. The maximum absolute atomic E-state index is 6.34. The lowest BCUT2D eigenvalue weighted by Crippen LogP contribution is -1.96. The van der Waals surface area contributed by atoms with Gasteiger partial charge >= 0.3 is 0 Å². The van der Waals surface area contributed by atoms with E-state index in [0.29, 0.717) is 11.6 Å². The quantitative estimate of drug-likeness (QED) is 0.188. The second-order valence-electron chi connectivity index (χ2n) is 12.6. The number of aromatic nitrogens is 3. The summed E-state index contributed by atoms with van der Waals surface area (Å²) < 4.78 is 8.66. The monoisotopic (exact) mass is 639 g/mol. The largest absolute Gasteiger partial charge is 0.454 e. The molecule has 10 aromatic rings. The molecular weight excluding hydrogens is 611 g/mol.